The number of aromatic nitrogens is 2. The van der Waals surface area contributed by atoms with Crippen molar-refractivity contribution in [2.75, 3.05) is 0 Å². The van der Waals surface area contributed by atoms with E-state index in [2.05, 4.69) is 187 Å². The second-order valence-electron chi connectivity index (χ2n) is 13.5. The van der Waals surface area contributed by atoms with E-state index in [0.29, 0.717) is 0 Å². The van der Waals surface area contributed by atoms with Gasteiger partial charge in [-0.2, -0.15) is 0 Å². The summed E-state index contributed by atoms with van der Waals surface area (Å²) in [6.07, 6.45) is 0. The van der Waals surface area contributed by atoms with Gasteiger partial charge in [0.2, 0.25) is 0 Å². The largest absolute Gasteiger partial charge is 0.292 e. The number of para-hydroxylation sites is 2. The first-order chi connectivity index (χ1) is 25.8. The van der Waals surface area contributed by atoms with E-state index in [1.54, 1.807) is 0 Å². The molecule has 242 valence electrons. The third kappa shape index (κ3) is 4.46. The quantitative estimate of drug-likeness (QED) is 0.169. The van der Waals surface area contributed by atoms with Gasteiger partial charge in [-0.15, -0.1) is 11.3 Å². The van der Waals surface area contributed by atoms with Gasteiger partial charge < -0.3 is 0 Å². The lowest BCUT2D eigenvalue weighted by atomic mass is 9.85. The van der Waals surface area contributed by atoms with Crippen LogP contribution in [0.4, 0.5) is 0 Å². The molecule has 0 radical (unpaired) electrons. The zero-order valence-electron chi connectivity index (χ0n) is 28.1. The number of fused-ring (bicyclic) bond motifs is 7. The van der Waals surface area contributed by atoms with Gasteiger partial charge >= 0.3 is 0 Å². The van der Waals surface area contributed by atoms with Crippen molar-refractivity contribution < 1.29 is 0 Å². The highest BCUT2D eigenvalue weighted by atomic mass is 32.1. The molecule has 0 spiro atoms. The Hall–Kier alpha value is -6.55. The highest BCUT2D eigenvalue weighted by molar-refractivity contribution is 7.25. The molecule has 0 atom stereocenters. The standard InChI is InChI=1S/C49H30N2S/c1-2-12-32(13-3-1)49-50-43-20-10-11-21-44(43)51(49)36-25-22-31(23-26-36)47-37-16-6-8-18-39(37)48(40-19-9-7-17-38(40)47)35-24-27-45-41(29-35)42-28-33-14-4-5-15-34(33)30-46(42)52-45/h1-30H. The monoisotopic (exact) mass is 678 g/mol. The minimum absolute atomic E-state index is 0.943. The molecule has 0 saturated heterocycles. The molecule has 0 aliphatic rings. The Labute approximate surface area is 304 Å². The van der Waals surface area contributed by atoms with Crippen molar-refractivity contribution in [3.05, 3.63) is 182 Å². The fraction of sp³-hybridized carbons (Fsp3) is 0. The lowest BCUT2D eigenvalue weighted by molar-refractivity contribution is 1.10. The first-order valence-corrected chi connectivity index (χ1v) is 18.5. The predicted octanol–water partition coefficient (Wildman–Crippen LogP) is 13.9. The molecule has 0 N–H and O–H groups in total. The molecule has 0 saturated carbocycles. The molecule has 0 bridgehead atoms. The fourth-order valence-electron chi connectivity index (χ4n) is 8.21. The van der Waals surface area contributed by atoms with Gasteiger partial charge in [0.25, 0.3) is 0 Å². The van der Waals surface area contributed by atoms with Gasteiger partial charge in [-0.05, 0) is 103 Å². The van der Waals surface area contributed by atoms with Crippen LogP contribution in [0.5, 0.6) is 0 Å². The van der Waals surface area contributed by atoms with Crippen LogP contribution in [0.15, 0.2) is 182 Å². The lowest BCUT2D eigenvalue weighted by Crippen LogP contribution is -1.97. The van der Waals surface area contributed by atoms with Crippen LogP contribution >= 0.6 is 11.3 Å². The third-order valence-corrected chi connectivity index (χ3v) is 11.7. The van der Waals surface area contributed by atoms with Crippen molar-refractivity contribution in [1.29, 1.82) is 0 Å². The van der Waals surface area contributed by atoms with E-state index in [4.69, 9.17) is 4.98 Å². The summed E-state index contributed by atoms with van der Waals surface area (Å²) >= 11 is 1.88. The van der Waals surface area contributed by atoms with Gasteiger partial charge in [-0.3, -0.25) is 4.57 Å². The van der Waals surface area contributed by atoms with Crippen LogP contribution in [0, 0.1) is 0 Å². The molecule has 0 fully saturated rings. The Morgan fingerprint density at radius 3 is 1.65 bits per heavy atom. The van der Waals surface area contributed by atoms with Crippen LogP contribution < -0.4 is 0 Å². The van der Waals surface area contributed by atoms with Gasteiger partial charge in [-0.25, -0.2) is 4.98 Å². The Balaban J connectivity index is 1.11. The Kier molecular flexibility index (Phi) is 6.46. The number of hydrogen-bond donors (Lipinski definition) is 0. The molecule has 9 aromatic carbocycles. The number of rotatable bonds is 4. The topological polar surface area (TPSA) is 17.8 Å². The maximum Gasteiger partial charge on any atom is 0.145 e. The number of hydrogen-bond acceptors (Lipinski definition) is 2. The summed E-state index contributed by atoms with van der Waals surface area (Å²) in [5, 5.41) is 10.2. The molecular formula is C49H30N2S. The normalized spacial score (nSPS) is 11.8. The summed E-state index contributed by atoms with van der Waals surface area (Å²) in [6.45, 7) is 0. The van der Waals surface area contributed by atoms with E-state index in [-0.39, 0.29) is 0 Å². The third-order valence-electron chi connectivity index (χ3n) is 10.6. The molecule has 0 aliphatic heterocycles. The zero-order valence-corrected chi connectivity index (χ0v) is 28.9. The summed E-state index contributed by atoms with van der Waals surface area (Å²) in [7, 11) is 0. The van der Waals surface area contributed by atoms with Crippen molar-refractivity contribution >= 4 is 74.9 Å². The van der Waals surface area contributed by atoms with Crippen molar-refractivity contribution in [3.63, 3.8) is 0 Å². The molecular weight excluding hydrogens is 649 g/mol. The molecule has 2 heterocycles. The summed E-state index contributed by atoms with van der Waals surface area (Å²) in [5.41, 5.74) is 9.25. The number of imidazole rings is 1. The zero-order chi connectivity index (χ0) is 34.2. The van der Waals surface area contributed by atoms with E-state index < -0.39 is 0 Å². The van der Waals surface area contributed by atoms with Gasteiger partial charge in [0, 0.05) is 31.4 Å². The number of benzene rings is 9. The van der Waals surface area contributed by atoms with E-state index in [1.807, 2.05) is 11.3 Å². The van der Waals surface area contributed by atoms with Gasteiger partial charge in [0.1, 0.15) is 5.82 Å². The summed E-state index contributed by atoms with van der Waals surface area (Å²) in [4.78, 5) is 5.07. The predicted molar refractivity (Wildman–Crippen MR) is 223 cm³/mol. The molecule has 0 aliphatic carbocycles. The van der Waals surface area contributed by atoms with Gasteiger partial charge in [0.15, 0.2) is 0 Å². The van der Waals surface area contributed by atoms with Crippen LogP contribution in [0.2, 0.25) is 0 Å². The second kappa shape index (κ2) is 11.5. The van der Waals surface area contributed by atoms with Crippen molar-refractivity contribution in [1.82, 2.24) is 9.55 Å². The average molecular weight is 679 g/mol. The molecule has 52 heavy (non-hydrogen) atoms. The number of nitrogens with zero attached hydrogens (tertiary/aromatic N) is 2. The first-order valence-electron chi connectivity index (χ1n) is 17.7. The van der Waals surface area contributed by atoms with E-state index in [9.17, 15) is 0 Å². The Bertz CT molecular complexity index is 3110. The Morgan fingerprint density at radius 2 is 0.942 bits per heavy atom. The number of thiophene rings is 1. The van der Waals surface area contributed by atoms with Crippen LogP contribution in [0.1, 0.15) is 0 Å². The summed E-state index contributed by atoms with van der Waals surface area (Å²) in [6, 6.07) is 66.2. The van der Waals surface area contributed by atoms with Crippen LogP contribution in [0.25, 0.3) is 103 Å². The Morgan fingerprint density at radius 1 is 0.385 bits per heavy atom. The highest BCUT2D eigenvalue weighted by Crippen LogP contribution is 2.46. The van der Waals surface area contributed by atoms with Crippen LogP contribution in [-0.2, 0) is 0 Å². The molecule has 0 amide bonds. The molecule has 11 aromatic rings. The molecule has 2 aromatic heterocycles. The SMILES string of the molecule is c1ccc(-c2nc3ccccc3n2-c2ccc(-c3c4ccccc4c(-c4ccc5sc6cc7ccccc7cc6c5c4)c4ccccc34)cc2)cc1. The summed E-state index contributed by atoms with van der Waals surface area (Å²) < 4.78 is 4.93. The van der Waals surface area contributed by atoms with E-state index in [0.717, 1.165) is 28.1 Å². The smallest absolute Gasteiger partial charge is 0.145 e. The minimum Gasteiger partial charge on any atom is -0.292 e. The fourth-order valence-corrected chi connectivity index (χ4v) is 9.33. The average Bonchev–Trinajstić information content (AvgIpc) is 3.77. The summed E-state index contributed by atoms with van der Waals surface area (Å²) in [5.74, 6) is 0.943. The minimum atomic E-state index is 0.943. The second-order valence-corrected chi connectivity index (χ2v) is 14.6. The lowest BCUT2D eigenvalue weighted by Gasteiger charge is -2.18. The van der Waals surface area contributed by atoms with E-state index in [1.165, 1.54) is 74.7 Å². The van der Waals surface area contributed by atoms with Gasteiger partial charge in [0.05, 0.1) is 11.0 Å². The van der Waals surface area contributed by atoms with Crippen molar-refractivity contribution in [2.24, 2.45) is 0 Å². The maximum absolute atomic E-state index is 5.07. The van der Waals surface area contributed by atoms with Gasteiger partial charge in [-0.1, -0.05) is 133 Å². The van der Waals surface area contributed by atoms with Crippen molar-refractivity contribution in [3.8, 4) is 39.3 Å². The maximum atomic E-state index is 5.07. The van der Waals surface area contributed by atoms with E-state index >= 15 is 0 Å². The first kappa shape index (κ1) is 29.2. The molecule has 2 nitrogen and oxygen atoms in total. The van der Waals surface area contributed by atoms with Crippen LogP contribution in [-0.4, -0.2) is 9.55 Å². The molecule has 11 rings (SSSR count). The highest BCUT2D eigenvalue weighted by Gasteiger charge is 2.19. The van der Waals surface area contributed by atoms with Crippen LogP contribution in [0.3, 0.4) is 0 Å². The van der Waals surface area contributed by atoms with Crippen molar-refractivity contribution in [2.45, 2.75) is 0 Å². The molecule has 0 unspecified atom stereocenters. The molecule has 3 heteroatoms.